The minimum absolute atomic E-state index is 0.358. The first kappa shape index (κ1) is 12.5. The van der Waals surface area contributed by atoms with Crippen LogP contribution in [0.4, 0.5) is 0 Å². The number of sulfone groups is 1. The van der Waals surface area contributed by atoms with E-state index in [-0.39, 0.29) is 0 Å². The van der Waals surface area contributed by atoms with Crippen LogP contribution in [-0.2, 0) is 9.84 Å². The highest BCUT2D eigenvalue weighted by atomic mass is 32.2. The zero-order valence-corrected chi connectivity index (χ0v) is 11.7. The van der Waals surface area contributed by atoms with E-state index in [4.69, 9.17) is 0 Å². The van der Waals surface area contributed by atoms with E-state index in [1.165, 1.54) is 29.4 Å². The Morgan fingerprint density at radius 1 is 1.29 bits per heavy atom. The Kier molecular flexibility index (Phi) is 3.50. The minimum Gasteiger partial charge on any atom is -0.231 e. The maximum absolute atomic E-state index is 11.4. The van der Waals surface area contributed by atoms with Gasteiger partial charge in [-0.1, -0.05) is 11.8 Å². The quantitative estimate of drug-likeness (QED) is 0.640. The fourth-order valence-corrected chi connectivity index (χ4v) is 3.49. The van der Waals surface area contributed by atoms with Crippen molar-refractivity contribution >= 4 is 32.9 Å². The van der Waals surface area contributed by atoms with Gasteiger partial charge in [0.1, 0.15) is 4.21 Å². The van der Waals surface area contributed by atoms with E-state index < -0.39 is 9.84 Å². The summed E-state index contributed by atoms with van der Waals surface area (Å²) >= 11 is 2.68. The second-order valence-corrected chi connectivity index (χ2v) is 7.42. The van der Waals surface area contributed by atoms with Gasteiger partial charge in [-0.25, -0.2) is 18.4 Å². The zero-order valence-electron chi connectivity index (χ0n) is 9.25. The molecule has 0 unspecified atom stereocenters. The summed E-state index contributed by atoms with van der Waals surface area (Å²) in [5, 5.41) is 0.678. The summed E-state index contributed by atoms with van der Waals surface area (Å²) in [5.41, 5.74) is 0.754. The molecule has 0 N–H and O–H groups in total. The molecule has 90 valence electrons. The third-order valence-corrected chi connectivity index (χ3v) is 5.50. The lowest BCUT2D eigenvalue weighted by Gasteiger charge is -1.98. The van der Waals surface area contributed by atoms with Crippen LogP contribution in [0, 0.1) is 0 Å². The molecule has 0 aliphatic rings. The summed E-state index contributed by atoms with van der Waals surface area (Å²) in [6, 6.07) is 5.15. The van der Waals surface area contributed by atoms with Crippen molar-refractivity contribution < 1.29 is 8.42 Å². The lowest BCUT2D eigenvalue weighted by molar-refractivity contribution is 0.604. The maximum Gasteiger partial charge on any atom is 0.187 e. The monoisotopic (exact) mass is 286 g/mol. The summed E-state index contributed by atoms with van der Waals surface area (Å²) in [5.74, 6) is 0. The highest BCUT2D eigenvalue weighted by Gasteiger charge is 2.12. The highest BCUT2D eigenvalue weighted by molar-refractivity contribution is 7.98. The van der Waals surface area contributed by atoms with E-state index >= 15 is 0 Å². The van der Waals surface area contributed by atoms with Crippen molar-refractivity contribution in [3.63, 3.8) is 0 Å². The Morgan fingerprint density at radius 3 is 2.65 bits per heavy atom. The molecule has 2 rings (SSSR count). The van der Waals surface area contributed by atoms with Crippen LogP contribution in [0.2, 0.25) is 0 Å². The minimum atomic E-state index is -3.14. The predicted molar refractivity (Wildman–Crippen MR) is 70.2 cm³/mol. The number of hydrogen-bond donors (Lipinski definition) is 0. The molecule has 0 saturated carbocycles. The summed E-state index contributed by atoms with van der Waals surface area (Å²) in [7, 11) is -3.14. The third-order valence-electron chi connectivity index (χ3n) is 2.02. The van der Waals surface area contributed by atoms with E-state index in [0.717, 1.165) is 10.6 Å². The zero-order chi connectivity index (χ0) is 12.5. The van der Waals surface area contributed by atoms with Gasteiger partial charge < -0.3 is 0 Å². The molecule has 2 aromatic heterocycles. The normalized spacial score (nSPS) is 11.6. The van der Waals surface area contributed by atoms with E-state index in [2.05, 4.69) is 9.97 Å². The van der Waals surface area contributed by atoms with Crippen molar-refractivity contribution in [2.75, 3.05) is 12.5 Å². The number of hydrogen-bond acceptors (Lipinski definition) is 6. The van der Waals surface area contributed by atoms with Crippen LogP contribution in [0.1, 0.15) is 0 Å². The van der Waals surface area contributed by atoms with Gasteiger partial charge in [0, 0.05) is 12.5 Å². The first-order chi connectivity index (χ1) is 8.00. The summed E-state index contributed by atoms with van der Waals surface area (Å²) in [6.45, 7) is 0. The number of thioether (sulfide) groups is 1. The van der Waals surface area contributed by atoms with Crippen molar-refractivity contribution in [2.45, 2.75) is 9.37 Å². The molecule has 0 radical (unpaired) electrons. The third kappa shape index (κ3) is 2.85. The molecule has 0 saturated heterocycles. The molecule has 0 spiro atoms. The molecule has 0 fully saturated rings. The van der Waals surface area contributed by atoms with Gasteiger partial charge in [0.15, 0.2) is 15.0 Å². The second kappa shape index (κ2) is 4.75. The average molecular weight is 286 g/mol. The molecule has 2 aromatic rings. The van der Waals surface area contributed by atoms with Gasteiger partial charge in [0.05, 0.1) is 10.6 Å². The Labute approximate surface area is 108 Å². The fourth-order valence-electron chi connectivity index (χ4n) is 1.23. The number of rotatable bonds is 3. The number of aromatic nitrogens is 2. The predicted octanol–water partition coefficient (Wildman–Crippen LogP) is 2.33. The summed E-state index contributed by atoms with van der Waals surface area (Å²) in [4.78, 5) is 9.24. The molecule has 0 atom stereocenters. The molecule has 0 aromatic carbocycles. The first-order valence-corrected chi connectivity index (χ1v) is 8.61. The molecular formula is C10H10N2O2S3. The maximum atomic E-state index is 11.4. The van der Waals surface area contributed by atoms with Crippen molar-refractivity contribution in [2.24, 2.45) is 0 Å². The topological polar surface area (TPSA) is 59.9 Å². The SMILES string of the molecule is CSc1nccc(-c2ccc(S(C)(=O)=O)s2)n1. The van der Waals surface area contributed by atoms with Gasteiger partial charge in [-0.15, -0.1) is 11.3 Å². The van der Waals surface area contributed by atoms with Crippen molar-refractivity contribution in [3.8, 4) is 10.6 Å². The van der Waals surface area contributed by atoms with Gasteiger partial charge in [-0.05, 0) is 24.5 Å². The Morgan fingerprint density at radius 2 is 2.06 bits per heavy atom. The van der Waals surface area contributed by atoms with E-state index in [1.807, 2.05) is 6.26 Å². The molecule has 2 heterocycles. The van der Waals surface area contributed by atoms with E-state index in [1.54, 1.807) is 24.4 Å². The molecule has 7 heteroatoms. The fraction of sp³-hybridized carbons (Fsp3) is 0.200. The van der Waals surface area contributed by atoms with E-state index in [0.29, 0.717) is 9.37 Å². The number of nitrogens with zero attached hydrogens (tertiary/aromatic N) is 2. The van der Waals surface area contributed by atoms with Crippen LogP contribution < -0.4 is 0 Å². The largest absolute Gasteiger partial charge is 0.231 e. The Bertz CT molecular complexity index is 635. The van der Waals surface area contributed by atoms with E-state index in [9.17, 15) is 8.42 Å². The van der Waals surface area contributed by atoms with Gasteiger partial charge in [0.2, 0.25) is 0 Å². The average Bonchev–Trinajstić information content (AvgIpc) is 2.78. The van der Waals surface area contributed by atoms with Gasteiger partial charge in [-0.2, -0.15) is 0 Å². The Hall–Kier alpha value is -0.920. The standard InChI is InChI=1S/C10H10N2O2S3/c1-15-10-11-6-5-7(12-10)8-3-4-9(16-8)17(2,13)14/h3-6H,1-2H3. The molecule has 0 bridgehead atoms. The van der Waals surface area contributed by atoms with Crippen LogP contribution in [0.3, 0.4) is 0 Å². The highest BCUT2D eigenvalue weighted by Crippen LogP contribution is 2.29. The Balaban J connectivity index is 2.43. The molecular weight excluding hydrogens is 276 g/mol. The van der Waals surface area contributed by atoms with Crippen LogP contribution in [0.5, 0.6) is 0 Å². The van der Waals surface area contributed by atoms with Gasteiger partial charge >= 0.3 is 0 Å². The first-order valence-electron chi connectivity index (χ1n) is 4.68. The second-order valence-electron chi connectivity index (χ2n) is 3.32. The molecule has 0 aliphatic carbocycles. The summed E-state index contributed by atoms with van der Waals surface area (Å²) < 4.78 is 23.1. The lowest BCUT2D eigenvalue weighted by Crippen LogP contribution is -1.91. The van der Waals surface area contributed by atoms with Crippen LogP contribution in [-0.4, -0.2) is 30.9 Å². The molecule has 17 heavy (non-hydrogen) atoms. The smallest absolute Gasteiger partial charge is 0.187 e. The number of thiophene rings is 1. The lowest BCUT2D eigenvalue weighted by atomic mass is 10.3. The van der Waals surface area contributed by atoms with Gasteiger partial charge in [0.25, 0.3) is 0 Å². The summed E-state index contributed by atoms with van der Waals surface area (Å²) in [6.07, 6.45) is 4.78. The van der Waals surface area contributed by atoms with Gasteiger partial charge in [-0.3, -0.25) is 0 Å². The molecule has 4 nitrogen and oxygen atoms in total. The van der Waals surface area contributed by atoms with Crippen molar-refractivity contribution in [1.29, 1.82) is 0 Å². The van der Waals surface area contributed by atoms with Crippen molar-refractivity contribution in [1.82, 2.24) is 9.97 Å². The molecule has 0 amide bonds. The van der Waals surface area contributed by atoms with Crippen LogP contribution in [0.25, 0.3) is 10.6 Å². The van der Waals surface area contributed by atoms with Crippen molar-refractivity contribution in [3.05, 3.63) is 24.4 Å². The van der Waals surface area contributed by atoms with Crippen LogP contribution in [0.15, 0.2) is 33.8 Å². The van der Waals surface area contributed by atoms with Crippen LogP contribution >= 0.6 is 23.1 Å². The molecule has 0 aliphatic heterocycles.